The Kier molecular flexibility index (Phi) is 13.9. The van der Waals surface area contributed by atoms with Crippen molar-refractivity contribution in [1.29, 1.82) is 0 Å². The van der Waals surface area contributed by atoms with Gasteiger partial charge in [-0.1, -0.05) is 48.0 Å². The molecule has 0 aliphatic carbocycles. The molecule has 0 spiro atoms. The van der Waals surface area contributed by atoms with E-state index in [9.17, 15) is 14.4 Å². The molecule has 13 heteroatoms. The second-order valence-corrected chi connectivity index (χ2v) is 9.14. The molecule has 0 bridgehead atoms. The summed E-state index contributed by atoms with van der Waals surface area (Å²) < 4.78 is 5.42. The average molecular weight is 604 g/mol. The van der Waals surface area contributed by atoms with E-state index in [1.54, 1.807) is 36.4 Å². The molecule has 2 aromatic carbocycles. The maximum atomic E-state index is 12.6. The number of amides is 3. The molecule has 1 heterocycles. The van der Waals surface area contributed by atoms with Crippen molar-refractivity contribution >= 4 is 64.7 Å². The Hall–Kier alpha value is -4.35. The third-order valence-corrected chi connectivity index (χ3v) is 5.92. The largest absolute Gasteiger partial charge is 0.483 e. The minimum atomic E-state index is -0.469. The van der Waals surface area contributed by atoms with Crippen LogP contribution in [0.25, 0.3) is 5.57 Å². The number of hydrogen-bond donors (Lipinski definition) is 5. The van der Waals surface area contributed by atoms with E-state index in [1.165, 1.54) is 0 Å². The van der Waals surface area contributed by atoms with Gasteiger partial charge >= 0.3 is 0 Å². The van der Waals surface area contributed by atoms with Gasteiger partial charge < -0.3 is 31.1 Å². The van der Waals surface area contributed by atoms with Crippen molar-refractivity contribution in [1.82, 2.24) is 16.0 Å². The van der Waals surface area contributed by atoms with Crippen LogP contribution >= 0.6 is 23.2 Å². The normalized spacial score (nSPS) is 12.1. The number of ether oxygens (including phenoxy) is 1. The lowest BCUT2D eigenvalue weighted by molar-refractivity contribution is -0.123. The molecular weight excluding hydrogens is 573 g/mol. The number of carbonyl (C=O) groups is 4. The van der Waals surface area contributed by atoms with Gasteiger partial charge in [0.05, 0.1) is 28.8 Å². The van der Waals surface area contributed by atoms with Crippen LogP contribution in [0.15, 0.2) is 60.1 Å². The average Bonchev–Trinajstić information content (AvgIpc) is 2.95. The topological polar surface area (TPSA) is 158 Å². The quantitative estimate of drug-likeness (QED) is 0.157. The van der Waals surface area contributed by atoms with Crippen LogP contribution < -0.4 is 21.3 Å². The molecule has 0 unspecified atom stereocenters. The number of carboxylic acid groups (broad SMARTS) is 1. The van der Waals surface area contributed by atoms with Crippen LogP contribution in [0.1, 0.15) is 39.6 Å². The van der Waals surface area contributed by atoms with Crippen LogP contribution in [0.3, 0.4) is 0 Å². The molecule has 3 amide bonds. The fraction of sp³-hybridized carbons (Fsp3) is 0.250. The summed E-state index contributed by atoms with van der Waals surface area (Å²) in [6.07, 6.45) is 4.52. The van der Waals surface area contributed by atoms with Gasteiger partial charge in [-0.05, 0) is 48.4 Å². The fourth-order valence-electron chi connectivity index (χ4n) is 3.46. The summed E-state index contributed by atoms with van der Waals surface area (Å²) in [7, 11) is 0. The summed E-state index contributed by atoms with van der Waals surface area (Å²) >= 11 is 12.6. The van der Waals surface area contributed by atoms with E-state index in [0.717, 1.165) is 6.42 Å². The van der Waals surface area contributed by atoms with Gasteiger partial charge in [0, 0.05) is 37.3 Å². The number of anilines is 1. The molecule has 0 fully saturated rings. The zero-order valence-electron chi connectivity index (χ0n) is 22.3. The predicted molar refractivity (Wildman–Crippen MR) is 160 cm³/mol. The summed E-state index contributed by atoms with van der Waals surface area (Å²) in [5.74, 6) is -1.29. The van der Waals surface area contributed by atoms with Crippen LogP contribution in [0.4, 0.5) is 5.69 Å². The standard InChI is InChI=1S/C27H29Cl2N5O4.CH2O2/c1-3-6-17(2)19-14-21(28)24(22(29)15-19)26(37)31-11-10-30-23(35)16-33-25(36)18-7-4-8-20(13-18)34-27-32-9-5-12-38-27;2-1-3/h3-4,6-8,13-15H,2,5,9-12,16H2,1H3,(H,30,35)(H,31,37)(H,32,34)(H,33,36);1H,(H,2,3)/b6-3-;. The SMILES string of the molecule is C=C(/C=C\C)c1cc(Cl)c(C(=O)NCCNC(=O)CNC(=O)c2cccc(NC3=NCCCO3)c2)c(Cl)c1.O=CO. The Labute approximate surface area is 247 Å². The van der Waals surface area contributed by atoms with Gasteiger partial charge in [-0.3, -0.25) is 19.2 Å². The van der Waals surface area contributed by atoms with E-state index >= 15 is 0 Å². The Morgan fingerprint density at radius 1 is 1.05 bits per heavy atom. The van der Waals surface area contributed by atoms with Crippen LogP contribution in [0, 0.1) is 0 Å². The van der Waals surface area contributed by atoms with Crippen LogP contribution in [-0.2, 0) is 14.3 Å². The van der Waals surface area contributed by atoms with Crippen molar-refractivity contribution in [2.24, 2.45) is 4.99 Å². The molecule has 41 heavy (non-hydrogen) atoms. The number of halogens is 2. The summed E-state index contributed by atoms with van der Waals surface area (Å²) in [6.45, 7) is 6.88. The van der Waals surface area contributed by atoms with E-state index in [1.807, 2.05) is 19.1 Å². The van der Waals surface area contributed by atoms with E-state index in [2.05, 4.69) is 32.8 Å². The molecule has 5 N–H and O–H groups in total. The summed E-state index contributed by atoms with van der Waals surface area (Å²) in [4.78, 5) is 49.8. The van der Waals surface area contributed by atoms with Crippen molar-refractivity contribution in [3.63, 3.8) is 0 Å². The zero-order chi connectivity index (χ0) is 30.2. The Morgan fingerprint density at radius 3 is 2.37 bits per heavy atom. The molecule has 218 valence electrons. The third-order valence-electron chi connectivity index (χ3n) is 5.32. The van der Waals surface area contributed by atoms with E-state index < -0.39 is 17.7 Å². The van der Waals surface area contributed by atoms with Crippen LogP contribution in [0.5, 0.6) is 0 Å². The number of hydrogen-bond acceptors (Lipinski definition) is 7. The lowest BCUT2D eigenvalue weighted by atomic mass is 10.0. The Balaban J connectivity index is 0.00000187. The van der Waals surface area contributed by atoms with Crippen molar-refractivity contribution in [3.8, 4) is 0 Å². The van der Waals surface area contributed by atoms with E-state index in [4.69, 9.17) is 37.8 Å². The second kappa shape index (κ2) is 17.4. The molecule has 11 nitrogen and oxygen atoms in total. The monoisotopic (exact) mass is 603 g/mol. The van der Waals surface area contributed by atoms with Gasteiger partial charge in [0.1, 0.15) is 0 Å². The minimum Gasteiger partial charge on any atom is -0.483 e. The highest BCUT2D eigenvalue weighted by Crippen LogP contribution is 2.29. The summed E-state index contributed by atoms with van der Waals surface area (Å²) in [5, 5.41) is 18.2. The van der Waals surface area contributed by atoms with Gasteiger partial charge in [0.25, 0.3) is 24.3 Å². The van der Waals surface area contributed by atoms with E-state index in [-0.39, 0.29) is 41.7 Å². The minimum absolute atomic E-state index is 0.137. The predicted octanol–water partition coefficient (Wildman–Crippen LogP) is 3.75. The van der Waals surface area contributed by atoms with Gasteiger partial charge in [0.15, 0.2) is 0 Å². The van der Waals surface area contributed by atoms with Gasteiger partial charge in [0.2, 0.25) is 5.91 Å². The first kappa shape index (κ1) is 32.9. The lowest BCUT2D eigenvalue weighted by Gasteiger charge is -2.15. The number of aliphatic imine (C=N–C) groups is 1. The lowest BCUT2D eigenvalue weighted by Crippen LogP contribution is -2.40. The molecule has 0 atom stereocenters. The Morgan fingerprint density at radius 2 is 1.73 bits per heavy atom. The third kappa shape index (κ3) is 11.0. The second-order valence-electron chi connectivity index (χ2n) is 8.33. The molecule has 0 saturated carbocycles. The maximum Gasteiger partial charge on any atom is 0.290 e. The first-order valence-electron chi connectivity index (χ1n) is 12.5. The van der Waals surface area contributed by atoms with Crippen molar-refractivity contribution < 1.29 is 29.0 Å². The van der Waals surface area contributed by atoms with Crippen LogP contribution in [0.2, 0.25) is 10.0 Å². The van der Waals surface area contributed by atoms with Crippen molar-refractivity contribution in [3.05, 3.63) is 81.9 Å². The number of rotatable bonds is 10. The molecule has 1 aliphatic heterocycles. The van der Waals surface area contributed by atoms with Gasteiger partial charge in [-0.25, -0.2) is 4.99 Å². The molecule has 3 rings (SSSR count). The van der Waals surface area contributed by atoms with Gasteiger partial charge in [-0.2, -0.15) is 0 Å². The van der Waals surface area contributed by atoms with Crippen molar-refractivity contribution in [2.75, 3.05) is 38.1 Å². The number of amidine groups is 1. The first-order chi connectivity index (χ1) is 19.7. The number of allylic oxidation sites excluding steroid dienone is 3. The smallest absolute Gasteiger partial charge is 0.290 e. The maximum absolute atomic E-state index is 12.6. The Bertz CT molecular complexity index is 1310. The van der Waals surface area contributed by atoms with Crippen LogP contribution in [-0.4, -0.2) is 68.1 Å². The number of nitrogens with zero attached hydrogens (tertiary/aromatic N) is 1. The fourth-order valence-corrected chi connectivity index (χ4v) is 4.12. The van der Waals surface area contributed by atoms with Crippen molar-refractivity contribution in [2.45, 2.75) is 13.3 Å². The van der Waals surface area contributed by atoms with Gasteiger partial charge in [-0.15, -0.1) is 0 Å². The molecule has 0 radical (unpaired) electrons. The molecule has 0 saturated heterocycles. The molecule has 1 aliphatic rings. The first-order valence-corrected chi connectivity index (χ1v) is 13.2. The number of nitrogens with one attached hydrogen (secondary N) is 4. The number of benzene rings is 2. The highest BCUT2D eigenvalue weighted by Gasteiger charge is 2.17. The highest BCUT2D eigenvalue weighted by atomic mass is 35.5. The molecular formula is C28H31Cl2N5O6. The van der Waals surface area contributed by atoms with E-state index in [0.29, 0.717) is 41.6 Å². The number of carbonyl (C=O) groups excluding carboxylic acids is 3. The molecule has 2 aromatic rings. The molecule has 0 aromatic heterocycles. The summed E-state index contributed by atoms with van der Waals surface area (Å²) in [6, 6.07) is 10.4. The zero-order valence-corrected chi connectivity index (χ0v) is 23.8. The highest BCUT2D eigenvalue weighted by molar-refractivity contribution is 6.40. The summed E-state index contributed by atoms with van der Waals surface area (Å²) in [5.41, 5.74) is 2.59.